The fourth-order valence-electron chi connectivity index (χ4n) is 1.30. The van der Waals surface area contributed by atoms with Gasteiger partial charge in [-0.25, -0.2) is 0 Å². The van der Waals surface area contributed by atoms with Crippen molar-refractivity contribution in [1.29, 1.82) is 0 Å². The summed E-state index contributed by atoms with van der Waals surface area (Å²) in [4.78, 5) is 1.26. The predicted octanol–water partition coefficient (Wildman–Crippen LogP) is 5.80. The highest BCUT2D eigenvalue weighted by atomic mass is 33.1. The molecule has 0 bridgehead atoms. The van der Waals surface area contributed by atoms with Gasteiger partial charge in [0.2, 0.25) is 0 Å². The first kappa shape index (κ1) is 17.5. The van der Waals surface area contributed by atoms with Crippen LogP contribution in [0, 0.1) is 0 Å². The maximum absolute atomic E-state index is 12.5. The third kappa shape index (κ3) is 7.72. The van der Waals surface area contributed by atoms with Crippen LogP contribution in [0.3, 0.4) is 0 Å². The molecule has 2 nitrogen and oxygen atoms in total. The van der Waals surface area contributed by atoms with Gasteiger partial charge in [-0.05, 0) is 25.5 Å². The summed E-state index contributed by atoms with van der Waals surface area (Å²) in [5.74, 6) is 0.173. The molecule has 1 unspecified atom stereocenters. The average molecular weight is 336 g/mol. The standard InChI is InChI=1S/C13H21O2PS3/c1-3-10-18-16(14,15-4-2)19-12-11-17-13-8-6-5-7-9-13/h5-9H,3-4,10-12H2,1-2H3. The number of hydrogen-bond donors (Lipinski definition) is 0. The predicted molar refractivity (Wildman–Crippen MR) is 91.6 cm³/mol. The monoisotopic (exact) mass is 336 g/mol. The summed E-state index contributed by atoms with van der Waals surface area (Å²) in [5, 5.41) is 0. The second-order valence-electron chi connectivity index (χ2n) is 3.69. The summed E-state index contributed by atoms with van der Waals surface area (Å²) in [5.41, 5.74) is 0. The SMILES string of the molecule is CCCSP(=O)(OCC)SCCSc1ccccc1. The first-order chi connectivity index (χ1) is 9.20. The minimum absolute atomic E-state index is 0.521. The number of hydrogen-bond acceptors (Lipinski definition) is 5. The molecule has 1 aromatic rings. The van der Waals surface area contributed by atoms with Gasteiger partial charge in [0.05, 0.1) is 6.61 Å². The molecule has 19 heavy (non-hydrogen) atoms. The van der Waals surface area contributed by atoms with Crippen LogP contribution in [0.5, 0.6) is 0 Å². The molecule has 0 saturated heterocycles. The van der Waals surface area contributed by atoms with Crippen LogP contribution in [0.1, 0.15) is 20.3 Å². The average Bonchev–Trinajstić information content (AvgIpc) is 2.43. The Kier molecular flexibility index (Phi) is 9.42. The van der Waals surface area contributed by atoms with Crippen molar-refractivity contribution in [3.8, 4) is 0 Å². The smallest absolute Gasteiger partial charge is 0.313 e. The number of benzene rings is 1. The summed E-state index contributed by atoms with van der Waals surface area (Å²) in [7, 11) is 0. The van der Waals surface area contributed by atoms with E-state index in [4.69, 9.17) is 4.52 Å². The first-order valence-corrected chi connectivity index (χ1v) is 12.2. The summed E-state index contributed by atoms with van der Waals surface area (Å²) in [6.07, 6.45) is 1.03. The van der Waals surface area contributed by atoms with Gasteiger partial charge in [-0.3, -0.25) is 4.57 Å². The molecule has 108 valence electrons. The lowest BCUT2D eigenvalue weighted by Gasteiger charge is -2.15. The number of rotatable bonds is 10. The van der Waals surface area contributed by atoms with E-state index in [-0.39, 0.29) is 0 Å². The van der Waals surface area contributed by atoms with Gasteiger partial charge in [0.1, 0.15) is 0 Å². The molecule has 0 saturated carbocycles. The number of thioether (sulfide) groups is 1. The lowest BCUT2D eigenvalue weighted by atomic mass is 10.4. The molecule has 1 aromatic carbocycles. The third-order valence-electron chi connectivity index (χ3n) is 2.09. The zero-order valence-electron chi connectivity index (χ0n) is 11.4. The minimum atomic E-state index is -2.54. The molecule has 0 aromatic heterocycles. The summed E-state index contributed by atoms with van der Waals surface area (Å²) in [6, 6.07) is 10.3. The molecule has 0 aliphatic rings. The highest BCUT2D eigenvalue weighted by Crippen LogP contribution is 2.69. The summed E-state index contributed by atoms with van der Waals surface area (Å²) < 4.78 is 17.9. The van der Waals surface area contributed by atoms with Crippen LogP contribution >= 0.6 is 40.3 Å². The molecule has 0 radical (unpaired) electrons. The molecule has 0 spiro atoms. The topological polar surface area (TPSA) is 26.3 Å². The zero-order chi connectivity index (χ0) is 14.0. The van der Waals surface area contributed by atoms with Crippen LogP contribution in [-0.2, 0) is 9.09 Å². The van der Waals surface area contributed by atoms with Crippen molar-refractivity contribution in [3.63, 3.8) is 0 Å². The van der Waals surface area contributed by atoms with E-state index in [0.29, 0.717) is 6.61 Å². The molecule has 0 fully saturated rings. The second-order valence-corrected chi connectivity index (χ2v) is 12.5. The molecule has 0 amide bonds. The van der Waals surface area contributed by atoms with Crippen LogP contribution in [0.2, 0.25) is 0 Å². The van der Waals surface area contributed by atoms with E-state index in [1.165, 1.54) is 27.7 Å². The van der Waals surface area contributed by atoms with Gasteiger partial charge in [0.25, 0.3) is 0 Å². The van der Waals surface area contributed by atoms with Gasteiger partial charge in [0.15, 0.2) is 0 Å². The van der Waals surface area contributed by atoms with Crippen molar-refractivity contribution in [2.45, 2.75) is 25.2 Å². The van der Waals surface area contributed by atoms with Crippen molar-refractivity contribution in [2.75, 3.05) is 23.9 Å². The highest BCUT2D eigenvalue weighted by molar-refractivity contribution is 8.89. The van der Waals surface area contributed by atoms with E-state index in [9.17, 15) is 4.57 Å². The summed E-state index contributed by atoms with van der Waals surface area (Å²) in [6.45, 7) is 4.52. The quantitative estimate of drug-likeness (QED) is 0.306. The van der Waals surface area contributed by atoms with Crippen molar-refractivity contribution in [1.82, 2.24) is 0 Å². The van der Waals surface area contributed by atoms with Crippen LogP contribution in [0.4, 0.5) is 0 Å². The molecular weight excluding hydrogens is 315 g/mol. The van der Waals surface area contributed by atoms with E-state index in [2.05, 4.69) is 19.1 Å². The Labute approximate surface area is 128 Å². The van der Waals surface area contributed by atoms with Gasteiger partial charge < -0.3 is 4.52 Å². The highest BCUT2D eigenvalue weighted by Gasteiger charge is 2.23. The largest absolute Gasteiger partial charge is 0.314 e. The third-order valence-corrected chi connectivity index (χ3v) is 11.1. The fourth-order valence-corrected chi connectivity index (χ4v) is 9.56. The maximum atomic E-state index is 12.5. The lowest BCUT2D eigenvalue weighted by Crippen LogP contribution is -1.89. The van der Waals surface area contributed by atoms with E-state index >= 15 is 0 Å². The van der Waals surface area contributed by atoms with Gasteiger partial charge in [-0.15, -0.1) is 11.8 Å². The molecule has 0 heterocycles. The van der Waals surface area contributed by atoms with Crippen LogP contribution in [0.15, 0.2) is 35.2 Å². The van der Waals surface area contributed by atoms with Gasteiger partial charge in [-0.2, -0.15) is 0 Å². The van der Waals surface area contributed by atoms with Gasteiger partial charge in [-0.1, -0.05) is 47.9 Å². The molecule has 0 aliphatic carbocycles. The Balaban J connectivity index is 2.30. The van der Waals surface area contributed by atoms with Crippen molar-refractivity contribution >= 4 is 40.3 Å². The van der Waals surface area contributed by atoms with Crippen LogP contribution < -0.4 is 0 Å². The van der Waals surface area contributed by atoms with Gasteiger partial charge >= 0.3 is 5.77 Å². The molecule has 0 aliphatic heterocycles. The lowest BCUT2D eigenvalue weighted by molar-refractivity contribution is 0.357. The Hall–Kier alpha value is 0.460. The molecular formula is C13H21O2PS3. The van der Waals surface area contributed by atoms with E-state index in [0.717, 1.165) is 23.7 Å². The minimum Gasteiger partial charge on any atom is -0.314 e. The normalized spacial score (nSPS) is 14.2. The van der Waals surface area contributed by atoms with Gasteiger partial charge in [0, 0.05) is 22.2 Å². The van der Waals surface area contributed by atoms with Crippen molar-refractivity contribution in [2.24, 2.45) is 0 Å². The Bertz CT molecular complexity index is 387. The Morgan fingerprint density at radius 3 is 2.37 bits per heavy atom. The van der Waals surface area contributed by atoms with E-state index in [1.54, 1.807) is 11.8 Å². The zero-order valence-corrected chi connectivity index (χ0v) is 14.8. The second kappa shape index (κ2) is 10.2. The Morgan fingerprint density at radius 1 is 1.05 bits per heavy atom. The molecule has 1 rings (SSSR count). The molecule has 0 N–H and O–H groups in total. The summed E-state index contributed by atoms with van der Waals surface area (Å²) >= 11 is 4.76. The molecule has 1 atom stereocenters. The fraction of sp³-hybridized carbons (Fsp3) is 0.538. The van der Waals surface area contributed by atoms with E-state index < -0.39 is 5.77 Å². The van der Waals surface area contributed by atoms with E-state index in [1.807, 2.05) is 25.1 Å². The van der Waals surface area contributed by atoms with Crippen LogP contribution in [0.25, 0.3) is 0 Å². The van der Waals surface area contributed by atoms with Crippen molar-refractivity contribution < 1.29 is 9.09 Å². The maximum Gasteiger partial charge on any atom is 0.313 e. The van der Waals surface area contributed by atoms with Crippen molar-refractivity contribution in [3.05, 3.63) is 30.3 Å². The Morgan fingerprint density at radius 2 is 1.74 bits per heavy atom. The van der Waals surface area contributed by atoms with Crippen LogP contribution in [-0.4, -0.2) is 23.9 Å². The molecule has 6 heteroatoms. The first-order valence-electron chi connectivity index (χ1n) is 6.41.